The predicted molar refractivity (Wildman–Crippen MR) is 90.5 cm³/mol. The van der Waals surface area contributed by atoms with Crippen molar-refractivity contribution in [3.05, 3.63) is 47.8 Å². The van der Waals surface area contributed by atoms with Gasteiger partial charge >= 0.3 is 0 Å². The number of nitrogens with zero attached hydrogens (tertiary/aromatic N) is 3. The molecular weight excluding hydrogens is 336 g/mol. The molecule has 4 rings (SSSR count). The Morgan fingerprint density at radius 1 is 1.27 bits per heavy atom. The summed E-state index contributed by atoms with van der Waals surface area (Å²) in [6, 6.07) is 8.13. The van der Waals surface area contributed by atoms with Gasteiger partial charge in [0.15, 0.2) is 11.5 Å². The number of carbonyl (C=O) groups is 1. The van der Waals surface area contributed by atoms with Crippen LogP contribution in [-0.2, 0) is 6.42 Å². The molecule has 1 fully saturated rings. The Hall–Kier alpha value is -3.16. The van der Waals surface area contributed by atoms with Crippen LogP contribution in [0.3, 0.4) is 0 Å². The molecule has 1 aliphatic carbocycles. The van der Waals surface area contributed by atoms with Crippen LogP contribution in [0.1, 0.15) is 48.0 Å². The quantitative estimate of drug-likeness (QED) is 0.724. The van der Waals surface area contributed by atoms with E-state index in [-0.39, 0.29) is 29.3 Å². The third-order valence-corrected chi connectivity index (χ3v) is 4.50. The molecule has 0 bridgehead atoms. The van der Waals surface area contributed by atoms with Gasteiger partial charge < -0.3 is 19.4 Å². The third kappa shape index (κ3) is 3.17. The first kappa shape index (κ1) is 16.3. The second-order valence-corrected chi connectivity index (χ2v) is 6.35. The van der Waals surface area contributed by atoms with E-state index in [1.807, 2.05) is 6.92 Å². The Morgan fingerprint density at radius 3 is 2.73 bits per heavy atom. The fraction of sp³-hybridized carbons (Fsp3) is 0.333. The van der Waals surface area contributed by atoms with E-state index in [1.165, 1.54) is 0 Å². The van der Waals surface area contributed by atoms with Crippen molar-refractivity contribution in [2.45, 2.75) is 38.1 Å². The van der Waals surface area contributed by atoms with Gasteiger partial charge in [0.05, 0.1) is 0 Å². The highest BCUT2D eigenvalue weighted by atomic mass is 16.5. The van der Waals surface area contributed by atoms with Crippen molar-refractivity contribution in [3.63, 3.8) is 0 Å². The van der Waals surface area contributed by atoms with Crippen LogP contribution in [0.4, 0.5) is 0 Å². The average molecular weight is 354 g/mol. The van der Waals surface area contributed by atoms with Gasteiger partial charge in [-0.15, -0.1) is 10.2 Å². The van der Waals surface area contributed by atoms with Gasteiger partial charge in [0.25, 0.3) is 5.91 Å². The Balaban J connectivity index is 1.34. The number of phenols is 1. The maximum absolute atomic E-state index is 12.3. The van der Waals surface area contributed by atoms with Gasteiger partial charge in [0.2, 0.25) is 11.8 Å². The Bertz CT molecular complexity index is 909. The minimum Gasteiger partial charge on any atom is -0.508 e. The molecule has 0 atom stereocenters. The summed E-state index contributed by atoms with van der Waals surface area (Å²) in [7, 11) is 0. The first-order valence-electron chi connectivity index (χ1n) is 8.51. The average Bonchev–Trinajstić information content (AvgIpc) is 3.27. The summed E-state index contributed by atoms with van der Waals surface area (Å²) in [5.41, 5.74) is 0.962. The smallest absolute Gasteiger partial charge is 0.273 e. The normalized spacial score (nSPS) is 19.1. The number of hydrogen-bond donors (Lipinski definition) is 2. The van der Waals surface area contributed by atoms with Gasteiger partial charge in [-0.3, -0.25) is 4.79 Å². The summed E-state index contributed by atoms with van der Waals surface area (Å²) in [5, 5.41) is 24.1. The van der Waals surface area contributed by atoms with Crippen LogP contribution < -0.4 is 5.32 Å². The van der Waals surface area contributed by atoms with E-state index < -0.39 is 0 Å². The lowest BCUT2D eigenvalue weighted by molar-refractivity contribution is 0.0894. The Labute approximate surface area is 149 Å². The standard InChI is InChI=1S/C18H18N4O4/c1-2-16-20-21-18(25-16)11-7-12(8-11)19-17(24)14-9-15(26-22-14)10-3-5-13(23)6-4-10/h3-6,9,11-12,23H,2,7-8H2,1H3,(H,19,24). The number of aromatic nitrogens is 3. The van der Waals surface area contributed by atoms with Gasteiger partial charge in [-0.2, -0.15) is 0 Å². The zero-order valence-corrected chi connectivity index (χ0v) is 14.2. The Morgan fingerprint density at radius 2 is 2.04 bits per heavy atom. The van der Waals surface area contributed by atoms with E-state index in [4.69, 9.17) is 8.94 Å². The molecule has 0 saturated heterocycles. The van der Waals surface area contributed by atoms with E-state index in [0.29, 0.717) is 17.5 Å². The van der Waals surface area contributed by atoms with Crippen molar-refractivity contribution < 1.29 is 18.8 Å². The molecule has 8 nitrogen and oxygen atoms in total. The monoisotopic (exact) mass is 354 g/mol. The van der Waals surface area contributed by atoms with Crippen molar-refractivity contribution >= 4 is 5.91 Å². The van der Waals surface area contributed by atoms with Crippen LogP contribution in [0.5, 0.6) is 5.75 Å². The number of aryl methyl sites for hydroxylation is 1. The van der Waals surface area contributed by atoms with Crippen LogP contribution in [0.15, 0.2) is 39.3 Å². The van der Waals surface area contributed by atoms with Gasteiger partial charge in [-0.25, -0.2) is 0 Å². The van der Waals surface area contributed by atoms with Crippen molar-refractivity contribution in [2.24, 2.45) is 0 Å². The highest BCUT2D eigenvalue weighted by Crippen LogP contribution is 2.36. The number of amides is 1. The number of nitrogens with one attached hydrogen (secondary N) is 1. The van der Waals surface area contributed by atoms with Gasteiger partial charge in [-0.05, 0) is 37.1 Å². The minimum absolute atomic E-state index is 0.0540. The van der Waals surface area contributed by atoms with Crippen LogP contribution in [0, 0.1) is 0 Å². The molecular formula is C18H18N4O4. The number of aromatic hydroxyl groups is 1. The molecule has 134 valence electrons. The summed E-state index contributed by atoms with van der Waals surface area (Å²) >= 11 is 0. The summed E-state index contributed by atoms with van der Waals surface area (Å²) in [6.07, 6.45) is 2.24. The molecule has 1 aliphatic rings. The van der Waals surface area contributed by atoms with E-state index in [9.17, 15) is 9.90 Å². The lowest BCUT2D eigenvalue weighted by atomic mass is 9.80. The van der Waals surface area contributed by atoms with Crippen LogP contribution >= 0.6 is 0 Å². The molecule has 2 heterocycles. The van der Waals surface area contributed by atoms with E-state index in [0.717, 1.165) is 24.8 Å². The molecule has 0 aliphatic heterocycles. The first-order chi connectivity index (χ1) is 12.6. The van der Waals surface area contributed by atoms with Crippen molar-refractivity contribution in [2.75, 3.05) is 0 Å². The lowest BCUT2D eigenvalue weighted by Gasteiger charge is -2.33. The van der Waals surface area contributed by atoms with Crippen molar-refractivity contribution in [1.29, 1.82) is 0 Å². The second kappa shape index (κ2) is 6.62. The van der Waals surface area contributed by atoms with Crippen LogP contribution in [-0.4, -0.2) is 32.4 Å². The number of benzene rings is 1. The molecule has 0 spiro atoms. The van der Waals surface area contributed by atoms with Crippen molar-refractivity contribution in [3.8, 4) is 17.1 Å². The van der Waals surface area contributed by atoms with Gasteiger partial charge in [-0.1, -0.05) is 12.1 Å². The molecule has 3 aromatic rings. The highest BCUT2D eigenvalue weighted by molar-refractivity contribution is 5.93. The first-order valence-corrected chi connectivity index (χ1v) is 8.51. The molecule has 1 amide bonds. The summed E-state index contributed by atoms with van der Waals surface area (Å²) in [5.74, 6) is 1.83. The Kier molecular flexibility index (Phi) is 4.16. The summed E-state index contributed by atoms with van der Waals surface area (Å²) < 4.78 is 10.8. The minimum atomic E-state index is -0.276. The molecule has 2 aromatic heterocycles. The second-order valence-electron chi connectivity index (χ2n) is 6.35. The maximum Gasteiger partial charge on any atom is 0.273 e. The predicted octanol–water partition coefficient (Wildman–Crippen LogP) is 2.67. The number of rotatable bonds is 5. The highest BCUT2D eigenvalue weighted by Gasteiger charge is 2.35. The van der Waals surface area contributed by atoms with E-state index >= 15 is 0 Å². The molecule has 2 N–H and O–H groups in total. The molecule has 0 radical (unpaired) electrons. The molecule has 0 unspecified atom stereocenters. The zero-order chi connectivity index (χ0) is 18.1. The number of carbonyl (C=O) groups excluding carboxylic acids is 1. The van der Waals surface area contributed by atoms with E-state index in [1.54, 1.807) is 30.3 Å². The summed E-state index contributed by atoms with van der Waals surface area (Å²) in [4.78, 5) is 12.3. The molecule has 1 saturated carbocycles. The SMILES string of the molecule is CCc1nnc(C2CC(NC(=O)c3cc(-c4ccc(O)cc4)on3)C2)o1. The van der Waals surface area contributed by atoms with Gasteiger partial charge in [0.1, 0.15) is 5.75 Å². The molecule has 26 heavy (non-hydrogen) atoms. The lowest BCUT2D eigenvalue weighted by Crippen LogP contribution is -2.43. The van der Waals surface area contributed by atoms with Crippen molar-refractivity contribution in [1.82, 2.24) is 20.7 Å². The zero-order valence-electron chi connectivity index (χ0n) is 14.2. The fourth-order valence-corrected chi connectivity index (χ4v) is 2.92. The van der Waals surface area contributed by atoms with Crippen LogP contribution in [0.2, 0.25) is 0 Å². The number of phenolic OH excluding ortho intramolecular Hbond substituents is 1. The fourth-order valence-electron chi connectivity index (χ4n) is 2.92. The topological polar surface area (TPSA) is 114 Å². The van der Waals surface area contributed by atoms with Gasteiger partial charge in [0, 0.05) is 30.0 Å². The summed E-state index contributed by atoms with van der Waals surface area (Å²) in [6.45, 7) is 1.96. The molecule has 8 heteroatoms. The number of hydrogen-bond acceptors (Lipinski definition) is 7. The van der Waals surface area contributed by atoms with E-state index in [2.05, 4.69) is 20.7 Å². The third-order valence-electron chi connectivity index (χ3n) is 4.50. The molecule has 1 aromatic carbocycles. The maximum atomic E-state index is 12.3. The van der Waals surface area contributed by atoms with Crippen LogP contribution in [0.25, 0.3) is 11.3 Å². The largest absolute Gasteiger partial charge is 0.508 e.